The van der Waals surface area contributed by atoms with E-state index in [1.54, 1.807) is 5.57 Å². The molecule has 71 heavy (non-hydrogen) atoms. The molecule has 398 valence electrons. The summed E-state index contributed by atoms with van der Waals surface area (Å²) >= 11 is 0. The van der Waals surface area contributed by atoms with Crippen molar-refractivity contribution in [3.63, 3.8) is 0 Å². The number of rotatable bonds is 28. The first-order chi connectivity index (χ1) is 33.8. The van der Waals surface area contributed by atoms with Crippen molar-refractivity contribution in [2.45, 2.75) is 223 Å². The molecule has 6 rings (SSSR count). The quantitative estimate of drug-likeness (QED) is 0.0364. The molecule has 0 amide bonds. The predicted octanol–water partition coefficient (Wildman–Crippen LogP) is 17.3. The van der Waals surface area contributed by atoms with Crippen LogP contribution in [0.1, 0.15) is 213 Å². The second-order valence-electron chi connectivity index (χ2n) is 25.4. The predicted molar refractivity (Wildman–Crippen MR) is 293 cm³/mol. The van der Waals surface area contributed by atoms with Crippen LogP contribution in [0.25, 0.3) is 0 Å². The van der Waals surface area contributed by atoms with Gasteiger partial charge in [0.25, 0.3) is 0 Å². The molecule has 9 unspecified atom stereocenters. The number of hydrogen-bond acceptors (Lipinski definition) is 7. The van der Waals surface area contributed by atoms with E-state index in [0.29, 0.717) is 30.3 Å². The summed E-state index contributed by atoms with van der Waals surface area (Å²) in [4.78, 5) is 25.1. The first-order valence-electron chi connectivity index (χ1n) is 28.6. The fraction of sp³-hybridized carbons (Fsp3) is 0.746. The summed E-state index contributed by atoms with van der Waals surface area (Å²) in [5, 5.41) is 0. The number of fused-ring (bicyclic) bond motifs is 5. The third-order valence-corrected chi connectivity index (χ3v) is 19.7. The molecule has 0 heterocycles. The standard InChI is InChI=1S/C63H99O7P/c1-45(2)25-24-27-46(3)54-32-33-55-53-31-30-51-42-52(34-36-62(51,9)56(53)35-37-63(54,55)10)69-71(70-57-29-22-21-26-47(57)4)68-38-23-19-17-15-13-14-16-18-20-28-48-39-49(43-60(5,6)58(64)66-11)41-50(40-48)44-61(7,8)59(65)67-12/h21-22,26,29-30,39-41,45-46,52-56H,13-20,23-25,27-28,31-38,42-44H2,1-12H3. The van der Waals surface area contributed by atoms with Gasteiger partial charge in [0.2, 0.25) is 0 Å². The van der Waals surface area contributed by atoms with Gasteiger partial charge in [-0.15, -0.1) is 0 Å². The number of para-hydroxylation sites is 1. The highest BCUT2D eigenvalue weighted by atomic mass is 31.2. The molecule has 2 aromatic carbocycles. The molecule has 4 aliphatic carbocycles. The Hall–Kier alpha value is -2.73. The van der Waals surface area contributed by atoms with Crippen LogP contribution >= 0.6 is 8.60 Å². The first-order valence-corrected chi connectivity index (χ1v) is 29.7. The van der Waals surface area contributed by atoms with Gasteiger partial charge in [0.15, 0.2) is 0 Å². The summed E-state index contributed by atoms with van der Waals surface area (Å²) in [5.74, 6) is 5.54. The molecular formula is C63H99O7P. The maximum atomic E-state index is 12.5. The first kappa shape index (κ1) is 57.5. The fourth-order valence-electron chi connectivity index (χ4n) is 14.4. The van der Waals surface area contributed by atoms with E-state index in [0.717, 1.165) is 96.5 Å². The molecule has 8 heteroatoms. The summed E-state index contributed by atoms with van der Waals surface area (Å²) < 4.78 is 30.2. The Morgan fingerprint density at radius 1 is 0.718 bits per heavy atom. The summed E-state index contributed by atoms with van der Waals surface area (Å²) in [6.45, 7) is 23.2. The lowest BCUT2D eigenvalue weighted by molar-refractivity contribution is -0.151. The van der Waals surface area contributed by atoms with Crippen LogP contribution in [-0.2, 0) is 47.4 Å². The molecule has 0 bridgehead atoms. The zero-order valence-corrected chi connectivity index (χ0v) is 47.8. The number of carbonyl (C=O) groups excluding carboxylic acids is 2. The van der Waals surface area contributed by atoms with Gasteiger partial charge in [-0.3, -0.25) is 14.1 Å². The molecule has 3 fully saturated rings. The maximum absolute atomic E-state index is 12.5. The van der Waals surface area contributed by atoms with Crippen LogP contribution in [0.15, 0.2) is 54.1 Å². The number of aryl methyl sites for hydroxylation is 2. The van der Waals surface area contributed by atoms with Gasteiger partial charge in [0.1, 0.15) is 5.75 Å². The Labute approximate surface area is 434 Å². The summed E-state index contributed by atoms with van der Waals surface area (Å²) in [5.41, 5.74) is 5.80. The third kappa shape index (κ3) is 15.2. The minimum Gasteiger partial charge on any atom is -0.469 e. The van der Waals surface area contributed by atoms with Crippen molar-refractivity contribution in [3.8, 4) is 5.75 Å². The van der Waals surface area contributed by atoms with E-state index in [2.05, 4.69) is 84.0 Å². The molecule has 0 spiro atoms. The smallest absolute Gasteiger partial charge is 0.397 e. The minimum atomic E-state index is -1.51. The average molecular weight is 999 g/mol. The van der Waals surface area contributed by atoms with Crippen LogP contribution in [0.5, 0.6) is 5.75 Å². The van der Waals surface area contributed by atoms with E-state index >= 15 is 0 Å². The second-order valence-corrected chi connectivity index (χ2v) is 26.5. The largest absolute Gasteiger partial charge is 0.469 e. The van der Waals surface area contributed by atoms with Crippen LogP contribution in [0.2, 0.25) is 0 Å². The van der Waals surface area contributed by atoms with E-state index in [4.69, 9.17) is 23.0 Å². The van der Waals surface area contributed by atoms with Crippen LogP contribution in [0.4, 0.5) is 0 Å². The van der Waals surface area contributed by atoms with Crippen molar-refractivity contribution in [2.75, 3.05) is 20.8 Å². The molecule has 7 nitrogen and oxygen atoms in total. The van der Waals surface area contributed by atoms with Gasteiger partial charge in [-0.25, -0.2) is 0 Å². The van der Waals surface area contributed by atoms with E-state index < -0.39 is 19.4 Å². The highest BCUT2D eigenvalue weighted by Gasteiger charge is 2.59. The van der Waals surface area contributed by atoms with Crippen molar-refractivity contribution >= 4 is 20.5 Å². The average Bonchev–Trinajstić information content (AvgIpc) is 3.68. The molecule has 3 saturated carbocycles. The molecule has 0 aromatic heterocycles. The van der Waals surface area contributed by atoms with Crippen LogP contribution in [-0.4, -0.2) is 38.9 Å². The number of unbranched alkanes of at least 4 members (excludes halogenated alkanes) is 8. The number of carbonyl (C=O) groups is 2. The number of allylic oxidation sites excluding steroid dienone is 1. The fourth-order valence-corrected chi connectivity index (χ4v) is 15.6. The van der Waals surface area contributed by atoms with E-state index in [-0.39, 0.29) is 18.0 Å². The van der Waals surface area contributed by atoms with Gasteiger partial charge in [0, 0.05) is 0 Å². The molecule has 0 N–H and O–H groups in total. The number of benzene rings is 2. The topological polar surface area (TPSA) is 80.3 Å². The second kappa shape index (κ2) is 26.2. The Morgan fingerprint density at radius 2 is 1.32 bits per heavy atom. The Bertz CT molecular complexity index is 1990. The third-order valence-electron chi connectivity index (χ3n) is 18.4. The monoisotopic (exact) mass is 999 g/mol. The number of ether oxygens (including phenoxy) is 2. The normalized spacial score (nSPS) is 26.2. The van der Waals surface area contributed by atoms with E-state index in [9.17, 15) is 9.59 Å². The number of hydrogen-bond donors (Lipinski definition) is 0. The highest BCUT2D eigenvalue weighted by molar-refractivity contribution is 7.42. The van der Waals surface area contributed by atoms with Crippen LogP contribution in [0, 0.1) is 64.1 Å². The number of esters is 2. The molecule has 0 aliphatic heterocycles. The molecular weight excluding hydrogens is 900 g/mol. The minimum absolute atomic E-state index is 0.135. The van der Waals surface area contributed by atoms with Gasteiger partial charge in [0.05, 0.1) is 37.8 Å². The van der Waals surface area contributed by atoms with Gasteiger partial charge in [-0.1, -0.05) is 147 Å². The summed E-state index contributed by atoms with van der Waals surface area (Å²) in [6.07, 6.45) is 30.1. The summed E-state index contributed by atoms with van der Waals surface area (Å²) in [6, 6.07) is 14.9. The molecule has 0 saturated heterocycles. The Kier molecular flexibility index (Phi) is 21.2. The molecule has 2 aromatic rings. The van der Waals surface area contributed by atoms with E-state index in [1.165, 1.54) is 116 Å². The lowest BCUT2D eigenvalue weighted by Crippen LogP contribution is -2.50. The SMILES string of the molecule is COC(=O)C(C)(C)Cc1cc(CCCCCCCCCCCOP(Oc2ccccc2C)OC2CCC3(C)C(=CCC4C3CCC3(C)C(C(C)CCCC(C)C)CCC43)C2)cc(CC(C)(C)C(=O)OC)c1. The van der Waals surface area contributed by atoms with Crippen LogP contribution < -0.4 is 4.52 Å². The van der Waals surface area contributed by atoms with Gasteiger partial charge < -0.3 is 18.5 Å². The van der Waals surface area contributed by atoms with Crippen molar-refractivity contribution in [3.05, 3.63) is 76.4 Å². The Balaban J connectivity index is 0.925. The van der Waals surface area contributed by atoms with Gasteiger partial charge in [-0.2, -0.15) is 0 Å². The molecule has 0 radical (unpaired) electrons. The van der Waals surface area contributed by atoms with Crippen molar-refractivity contribution in [1.82, 2.24) is 0 Å². The molecule has 9 atom stereocenters. The molecule has 4 aliphatic rings. The van der Waals surface area contributed by atoms with Crippen molar-refractivity contribution < 1.29 is 32.6 Å². The Morgan fingerprint density at radius 3 is 1.94 bits per heavy atom. The maximum Gasteiger partial charge on any atom is 0.397 e. The zero-order chi connectivity index (χ0) is 51.4. The zero-order valence-electron chi connectivity index (χ0n) is 46.9. The number of methoxy groups -OCH3 is 2. The van der Waals surface area contributed by atoms with Crippen molar-refractivity contribution in [1.29, 1.82) is 0 Å². The lowest BCUT2D eigenvalue weighted by Gasteiger charge is -2.58. The summed E-state index contributed by atoms with van der Waals surface area (Å²) in [7, 11) is 1.39. The van der Waals surface area contributed by atoms with E-state index in [1.807, 2.05) is 33.8 Å². The lowest BCUT2D eigenvalue weighted by atomic mass is 9.47. The van der Waals surface area contributed by atoms with Crippen molar-refractivity contribution in [2.24, 2.45) is 57.2 Å². The van der Waals surface area contributed by atoms with Crippen LogP contribution in [0.3, 0.4) is 0 Å². The van der Waals surface area contributed by atoms with Gasteiger partial charge >= 0.3 is 20.5 Å². The highest BCUT2D eigenvalue weighted by Crippen LogP contribution is 2.67. The van der Waals surface area contributed by atoms with Gasteiger partial charge in [-0.05, 0) is 193 Å².